The summed E-state index contributed by atoms with van der Waals surface area (Å²) in [6.45, 7) is 2.37. The molecular weight excluding hydrogens is 467 g/mol. The zero-order valence-electron chi connectivity index (χ0n) is 13.0. The molecule has 0 saturated heterocycles. The van der Waals surface area contributed by atoms with Crippen molar-refractivity contribution < 1.29 is 0 Å². The van der Waals surface area contributed by atoms with Crippen molar-refractivity contribution in [2.24, 2.45) is 0 Å². The van der Waals surface area contributed by atoms with Crippen LogP contribution in [0.4, 0.5) is 0 Å². The Morgan fingerprint density at radius 3 is 2.54 bits per heavy atom. The van der Waals surface area contributed by atoms with E-state index < -0.39 is 0 Å². The fraction of sp³-hybridized carbons (Fsp3) is 0.200. The third-order valence-electron chi connectivity index (χ3n) is 4.97. The predicted octanol–water partition coefficient (Wildman–Crippen LogP) is 7.64. The van der Waals surface area contributed by atoms with Crippen molar-refractivity contribution in [2.75, 3.05) is 0 Å². The quantitative estimate of drug-likeness (QED) is 0.239. The lowest BCUT2D eigenvalue weighted by atomic mass is 9.92. The fourth-order valence-electron chi connectivity index (χ4n) is 3.86. The lowest BCUT2D eigenvalue weighted by molar-refractivity contribution is 0.775. The molecule has 120 valence electrons. The summed E-state index contributed by atoms with van der Waals surface area (Å²) in [6, 6.07) is 13.3. The molecule has 1 unspecified atom stereocenters. The lowest BCUT2D eigenvalue weighted by Crippen LogP contribution is -2.15. The molecule has 0 radical (unpaired) electrons. The van der Waals surface area contributed by atoms with Gasteiger partial charge in [-0.3, -0.25) is 0 Å². The zero-order chi connectivity index (χ0) is 16.5. The van der Waals surface area contributed by atoms with Gasteiger partial charge in [0.2, 0.25) is 0 Å². The Kier molecular flexibility index (Phi) is 3.68. The molecule has 1 heterocycles. The molecule has 0 saturated carbocycles. The van der Waals surface area contributed by atoms with Gasteiger partial charge in [0.1, 0.15) is 0 Å². The Morgan fingerprint density at radius 1 is 1.00 bits per heavy atom. The Balaban J connectivity index is 1.73. The number of alkyl halides is 1. The van der Waals surface area contributed by atoms with Crippen LogP contribution in [-0.2, 0) is 3.42 Å². The molecule has 0 spiro atoms. The van der Waals surface area contributed by atoms with E-state index in [2.05, 4.69) is 72.0 Å². The number of hydrogen-bond acceptors (Lipinski definition) is 2. The van der Waals surface area contributed by atoms with E-state index in [-0.39, 0.29) is 3.42 Å². The van der Waals surface area contributed by atoms with Crippen molar-refractivity contribution in [2.45, 2.75) is 42.8 Å². The van der Waals surface area contributed by atoms with Crippen LogP contribution in [0.25, 0.3) is 5.57 Å². The largest absolute Gasteiger partial charge is 0.0891 e. The van der Waals surface area contributed by atoms with Crippen molar-refractivity contribution in [1.29, 1.82) is 0 Å². The minimum absolute atomic E-state index is 0.0572. The highest BCUT2D eigenvalue weighted by molar-refractivity contribution is 14.1. The maximum atomic E-state index is 6.37. The monoisotopic (exact) mass is 480 g/mol. The SMILES string of the molecule is CC1(I)C2=C(C=C(Cl)CC2)c2ccc3c(c21)Sc1ccccc1S3. The van der Waals surface area contributed by atoms with Gasteiger partial charge in [-0.25, -0.2) is 0 Å². The summed E-state index contributed by atoms with van der Waals surface area (Å²) in [5.74, 6) is 0. The van der Waals surface area contributed by atoms with E-state index in [0.29, 0.717) is 0 Å². The second-order valence-corrected chi connectivity index (χ2v) is 11.2. The van der Waals surface area contributed by atoms with Crippen molar-refractivity contribution in [1.82, 2.24) is 0 Å². The molecule has 1 aliphatic heterocycles. The summed E-state index contributed by atoms with van der Waals surface area (Å²) in [6.07, 6.45) is 4.24. The van der Waals surface area contributed by atoms with E-state index >= 15 is 0 Å². The molecule has 0 amide bonds. The number of fused-ring (bicyclic) bond motifs is 5. The number of benzene rings is 2. The Labute approximate surface area is 169 Å². The first-order valence-corrected chi connectivity index (χ1v) is 11.1. The highest BCUT2D eigenvalue weighted by Crippen LogP contribution is 2.61. The van der Waals surface area contributed by atoms with Crippen LogP contribution in [0.15, 0.2) is 72.7 Å². The number of hydrogen-bond donors (Lipinski definition) is 0. The van der Waals surface area contributed by atoms with Gasteiger partial charge in [0, 0.05) is 24.6 Å². The summed E-state index contributed by atoms with van der Waals surface area (Å²) in [7, 11) is 0. The van der Waals surface area contributed by atoms with Gasteiger partial charge in [0.05, 0.1) is 3.42 Å². The average molecular weight is 481 g/mol. The van der Waals surface area contributed by atoms with Gasteiger partial charge in [0.25, 0.3) is 0 Å². The topological polar surface area (TPSA) is 0 Å². The summed E-state index contributed by atoms with van der Waals surface area (Å²) in [4.78, 5) is 5.56. The van der Waals surface area contributed by atoms with E-state index in [9.17, 15) is 0 Å². The molecule has 5 rings (SSSR count). The van der Waals surface area contributed by atoms with Gasteiger partial charge in [-0.15, -0.1) is 0 Å². The molecule has 0 nitrogen and oxygen atoms in total. The van der Waals surface area contributed by atoms with Crippen LogP contribution < -0.4 is 0 Å². The third-order valence-corrected chi connectivity index (χ3v) is 9.06. The van der Waals surface area contributed by atoms with E-state index in [1.54, 1.807) is 5.57 Å². The zero-order valence-corrected chi connectivity index (χ0v) is 17.6. The molecular formula is C20H14ClIS2. The molecule has 0 N–H and O–H groups in total. The van der Waals surface area contributed by atoms with Crippen LogP contribution >= 0.6 is 57.7 Å². The molecule has 2 aromatic carbocycles. The second kappa shape index (κ2) is 5.57. The predicted molar refractivity (Wildman–Crippen MR) is 113 cm³/mol. The molecule has 0 bridgehead atoms. The van der Waals surface area contributed by atoms with Gasteiger partial charge < -0.3 is 0 Å². The minimum atomic E-state index is 0.0572. The van der Waals surface area contributed by atoms with Crippen LogP contribution in [-0.4, -0.2) is 0 Å². The van der Waals surface area contributed by atoms with E-state index in [1.165, 1.54) is 36.3 Å². The van der Waals surface area contributed by atoms with Gasteiger partial charge in [-0.05, 0) is 66.3 Å². The molecule has 3 aliphatic rings. The van der Waals surface area contributed by atoms with Crippen molar-refractivity contribution in [3.63, 3.8) is 0 Å². The van der Waals surface area contributed by atoms with Crippen LogP contribution in [0.5, 0.6) is 0 Å². The Morgan fingerprint density at radius 2 is 1.75 bits per heavy atom. The van der Waals surface area contributed by atoms with Crippen molar-refractivity contribution in [3.05, 3.63) is 64.2 Å². The lowest BCUT2D eigenvalue weighted by Gasteiger charge is -2.28. The molecule has 2 aliphatic carbocycles. The molecule has 0 aromatic heterocycles. The molecule has 0 fully saturated rings. The van der Waals surface area contributed by atoms with Crippen LogP contribution in [0.1, 0.15) is 30.9 Å². The first-order valence-electron chi connectivity index (χ1n) is 7.97. The molecule has 24 heavy (non-hydrogen) atoms. The third kappa shape index (κ3) is 2.21. The number of rotatable bonds is 0. The van der Waals surface area contributed by atoms with Gasteiger partial charge >= 0.3 is 0 Å². The standard InChI is InChI=1S/C20H14ClIS2/c1-20(22)14-8-6-11(21)10-13(14)12-7-9-17-19(18(12)20)24-16-5-3-2-4-15(16)23-17/h2-5,7,9-10H,6,8H2,1H3. The first-order chi connectivity index (χ1) is 11.6. The van der Waals surface area contributed by atoms with E-state index in [4.69, 9.17) is 11.6 Å². The van der Waals surface area contributed by atoms with Crippen molar-refractivity contribution >= 4 is 63.3 Å². The maximum Gasteiger partial charge on any atom is 0.0677 e. The van der Waals surface area contributed by atoms with E-state index in [0.717, 1.165) is 17.9 Å². The van der Waals surface area contributed by atoms with Gasteiger partial charge in [-0.1, -0.05) is 75.9 Å². The highest BCUT2D eigenvalue weighted by atomic mass is 127. The summed E-state index contributed by atoms with van der Waals surface area (Å²) in [5.41, 5.74) is 5.77. The number of halogens is 2. The Hall–Kier alpha value is -0.360. The van der Waals surface area contributed by atoms with Crippen molar-refractivity contribution in [3.8, 4) is 0 Å². The van der Waals surface area contributed by atoms with Gasteiger partial charge in [0.15, 0.2) is 0 Å². The molecule has 2 aromatic rings. The maximum absolute atomic E-state index is 6.37. The first kappa shape index (κ1) is 15.9. The smallest absolute Gasteiger partial charge is 0.0677 e. The second-order valence-electron chi connectivity index (χ2n) is 6.45. The van der Waals surface area contributed by atoms with E-state index in [1.807, 2.05) is 23.5 Å². The normalized spacial score (nSPS) is 24.0. The van der Waals surface area contributed by atoms with Crippen LogP contribution in [0, 0.1) is 0 Å². The summed E-state index contributed by atoms with van der Waals surface area (Å²) >= 11 is 12.8. The van der Waals surface area contributed by atoms with Gasteiger partial charge in [-0.2, -0.15) is 0 Å². The summed E-state index contributed by atoms with van der Waals surface area (Å²) in [5, 5.41) is 0.985. The number of allylic oxidation sites excluding steroid dienone is 4. The van der Waals surface area contributed by atoms with Crippen LogP contribution in [0.2, 0.25) is 0 Å². The highest BCUT2D eigenvalue weighted by Gasteiger charge is 2.42. The van der Waals surface area contributed by atoms with Crippen LogP contribution in [0.3, 0.4) is 0 Å². The fourth-order valence-corrected chi connectivity index (χ4v) is 7.87. The summed E-state index contributed by atoms with van der Waals surface area (Å²) < 4.78 is 0.0572. The Bertz CT molecular complexity index is 956. The molecule has 4 heteroatoms. The minimum Gasteiger partial charge on any atom is -0.0891 e. The molecule has 1 atom stereocenters. The average Bonchev–Trinajstić information content (AvgIpc) is 2.80.